The fourth-order valence-electron chi connectivity index (χ4n) is 2.90. The molecule has 0 saturated heterocycles. The second kappa shape index (κ2) is 7.55. The average Bonchev–Trinajstić information content (AvgIpc) is 2.54. The highest BCUT2D eigenvalue weighted by Gasteiger charge is 2.28. The summed E-state index contributed by atoms with van der Waals surface area (Å²) in [4.78, 5) is 12.6. The second-order valence-corrected chi connectivity index (χ2v) is 5.62. The minimum atomic E-state index is -0.161. The van der Waals surface area contributed by atoms with E-state index in [1.807, 2.05) is 0 Å². The first-order chi connectivity index (χ1) is 10.2. The first-order valence-corrected chi connectivity index (χ1v) is 7.82. The van der Waals surface area contributed by atoms with Gasteiger partial charge in [-0.1, -0.05) is 18.9 Å². The highest BCUT2D eigenvalue weighted by molar-refractivity contribution is 6.18. The summed E-state index contributed by atoms with van der Waals surface area (Å²) in [5.74, 6) is 1.79. The molecule has 2 rings (SSSR count). The molecule has 21 heavy (non-hydrogen) atoms. The van der Waals surface area contributed by atoms with Crippen LogP contribution < -0.4 is 14.8 Å². The predicted octanol–water partition coefficient (Wildman–Crippen LogP) is 3.23. The Balaban J connectivity index is 2.19. The summed E-state index contributed by atoms with van der Waals surface area (Å²) in [6.07, 6.45) is 4.35. The Morgan fingerprint density at radius 1 is 1.24 bits per heavy atom. The van der Waals surface area contributed by atoms with Gasteiger partial charge in [0.25, 0.3) is 5.91 Å². The zero-order valence-electron chi connectivity index (χ0n) is 12.5. The lowest BCUT2D eigenvalue weighted by molar-refractivity contribution is 0.0905. The zero-order valence-corrected chi connectivity index (χ0v) is 13.3. The van der Waals surface area contributed by atoms with Gasteiger partial charge in [-0.15, -0.1) is 11.6 Å². The summed E-state index contributed by atoms with van der Waals surface area (Å²) in [5, 5.41) is 3.10. The molecule has 0 spiro atoms. The topological polar surface area (TPSA) is 47.6 Å². The van der Waals surface area contributed by atoms with E-state index in [1.165, 1.54) is 6.42 Å². The Morgan fingerprint density at radius 3 is 2.43 bits per heavy atom. The molecule has 116 valence electrons. The third-order valence-corrected chi connectivity index (χ3v) is 4.48. The van der Waals surface area contributed by atoms with Crippen LogP contribution in [-0.2, 0) is 0 Å². The minimum absolute atomic E-state index is 0.123. The Kier molecular flexibility index (Phi) is 5.74. The lowest BCUT2D eigenvalue weighted by Crippen LogP contribution is -2.43. The molecule has 0 aliphatic heterocycles. The van der Waals surface area contributed by atoms with Crippen molar-refractivity contribution >= 4 is 17.5 Å². The number of hydrogen-bond acceptors (Lipinski definition) is 3. The van der Waals surface area contributed by atoms with Crippen molar-refractivity contribution in [3.8, 4) is 11.5 Å². The lowest BCUT2D eigenvalue weighted by atomic mass is 9.85. The number of methoxy groups -OCH3 is 2. The summed E-state index contributed by atoms with van der Waals surface area (Å²) < 4.78 is 10.6. The van der Waals surface area contributed by atoms with Gasteiger partial charge in [-0.05, 0) is 30.9 Å². The van der Waals surface area contributed by atoms with Gasteiger partial charge in [-0.25, -0.2) is 0 Å². The number of nitrogens with one attached hydrogen (secondary N) is 1. The van der Waals surface area contributed by atoms with Crippen molar-refractivity contribution in [1.82, 2.24) is 5.32 Å². The van der Waals surface area contributed by atoms with Gasteiger partial charge in [0.2, 0.25) is 0 Å². The minimum Gasteiger partial charge on any atom is -0.496 e. The van der Waals surface area contributed by atoms with Gasteiger partial charge in [0.1, 0.15) is 17.1 Å². The number of carbonyl (C=O) groups excluding carboxylic acids is 1. The molecule has 1 aliphatic carbocycles. The standard InChI is InChI=1S/C16H22ClNO3/c1-20-13-8-5-9-14(21-2)15(13)16(19)18-12-7-4-3-6-11(12)10-17/h5,8-9,11-12H,3-4,6-7,10H2,1-2H3,(H,18,19). The van der Waals surface area contributed by atoms with Gasteiger partial charge in [0.15, 0.2) is 0 Å². The van der Waals surface area contributed by atoms with Gasteiger partial charge in [0, 0.05) is 11.9 Å². The maximum absolute atomic E-state index is 12.6. The fourth-order valence-corrected chi connectivity index (χ4v) is 3.27. The number of rotatable bonds is 5. The van der Waals surface area contributed by atoms with E-state index in [-0.39, 0.29) is 11.9 Å². The van der Waals surface area contributed by atoms with Crippen molar-refractivity contribution in [2.45, 2.75) is 31.7 Å². The van der Waals surface area contributed by atoms with Gasteiger partial charge >= 0.3 is 0 Å². The van der Waals surface area contributed by atoms with E-state index >= 15 is 0 Å². The van der Waals surface area contributed by atoms with Crippen LogP contribution in [0.1, 0.15) is 36.0 Å². The predicted molar refractivity (Wildman–Crippen MR) is 83.5 cm³/mol. The van der Waals surface area contributed by atoms with Crippen LogP contribution >= 0.6 is 11.6 Å². The molecule has 1 amide bonds. The molecule has 2 unspecified atom stereocenters. The number of alkyl halides is 1. The average molecular weight is 312 g/mol. The third-order valence-electron chi connectivity index (χ3n) is 4.08. The fraction of sp³-hybridized carbons (Fsp3) is 0.562. The van der Waals surface area contributed by atoms with Gasteiger partial charge in [-0.3, -0.25) is 4.79 Å². The van der Waals surface area contributed by atoms with E-state index in [1.54, 1.807) is 32.4 Å². The van der Waals surface area contributed by atoms with Crippen LogP contribution in [0, 0.1) is 5.92 Å². The number of amides is 1. The molecule has 2 atom stereocenters. The molecule has 0 radical (unpaired) electrons. The van der Waals surface area contributed by atoms with E-state index in [0.29, 0.717) is 28.9 Å². The quantitative estimate of drug-likeness (QED) is 0.849. The zero-order chi connectivity index (χ0) is 15.2. The van der Waals surface area contributed by atoms with Crippen molar-refractivity contribution in [2.75, 3.05) is 20.1 Å². The van der Waals surface area contributed by atoms with Crippen molar-refractivity contribution < 1.29 is 14.3 Å². The molecule has 4 nitrogen and oxygen atoms in total. The summed E-state index contributed by atoms with van der Waals surface area (Å²) in [6.45, 7) is 0. The van der Waals surface area contributed by atoms with E-state index in [0.717, 1.165) is 19.3 Å². The number of benzene rings is 1. The Bertz CT molecular complexity index is 470. The molecule has 1 N–H and O–H groups in total. The lowest BCUT2D eigenvalue weighted by Gasteiger charge is -2.31. The molecule has 1 aromatic carbocycles. The SMILES string of the molecule is COc1cccc(OC)c1C(=O)NC1CCCCC1CCl. The van der Waals surface area contributed by atoms with Gasteiger partial charge in [-0.2, -0.15) is 0 Å². The molecule has 1 aromatic rings. The summed E-state index contributed by atoms with van der Waals surface area (Å²) in [6, 6.07) is 5.45. The Morgan fingerprint density at radius 2 is 1.86 bits per heavy atom. The smallest absolute Gasteiger partial charge is 0.259 e. The highest BCUT2D eigenvalue weighted by atomic mass is 35.5. The molecule has 1 fully saturated rings. The van der Waals surface area contributed by atoms with Crippen molar-refractivity contribution in [3.05, 3.63) is 23.8 Å². The molecule has 0 bridgehead atoms. The van der Waals surface area contributed by atoms with Crippen molar-refractivity contribution in [3.63, 3.8) is 0 Å². The second-order valence-electron chi connectivity index (χ2n) is 5.32. The number of carbonyl (C=O) groups is 1. The van der Waals surface area contributed by atoms with Crippen LogP contribution in [0.3, 0.4) is 0 Å². The number of ether oxygens (including phenoxy) is 2. The van der Waals surface area contributed by atoms with E-state index in [4.69, 9.17) is 21.1 Å². The molecule has 1 aliphatic rings. The summed E-state index contributed by atoms with van der Waals surface area (Å²) in [5.41, 5.74) is 0.446. The monoisotopic (exact) mass is 311 g/mol. The van der Waals surface area contributed by atoms with Crippen LogP contribution in [0.25, 0.3) is 0 Å². The van der Waals surface area contributed by atoms with E-state index < -0.39 is 0 Å². The normalized spacial score (nSPS) is 21.7. The highest BCUT2D eigenvalue weighted by Crippen LogP contribution is 2.30. The Labute approximate surface area is 130 Å². The Hall–Kier alpha value is -1.42. The molecular formula is C16H22ClNO3. The summed E-state index contributed by atoms with van der Waals surface area (Å²) in [7, 11) is 3.10. The first kappa shape index (κ1) is 16.0. The molecule has 1 saturated carbocycles. The molecular weight excluding hydrogens is 290 g/mol. The van der Waals surface area contributed by atoms with Gasteiger partial charge < -0.3 is 14.8 Å². The first-order valence-electron chi connectivity index (χ1n) is 7.29. The van der Waals surface area contributed by atoms with Crippen LogP contribution in [0.2, 0.25) is 0 Å². The maximum Gasteiger partial charge on any atom is 0.259 e. The van der Waals surface area contributed by atoms with Crippen molar-refractivity contribution in [1.29, 1.82) is 0 Å². The van der Waals surface area contributed by atoms with Gasteiger partial charge in [0.05, 0.1) is 14.2 Å². The van der Waals surface area contributed by atoms with Crippen LogP contribution in [0.5, 0.6) is 11.5 Å². The number of hydrogen-bond donors (Lipinski definition) is 1. The molecule has 0 aromatic heterocycles. The van der Waals surface area contributed by atoms with Crippen LogP contribution in [0.15, 0.2) is 18.2 Å². The molecule has 5 heteroatoms. The largest absolute Gasteiger partial charge is 0.496 e. The van der Waals surface area contributed by atoms with E-state index in [9.17, 15) is 4.79 Å². The number of halogens is 1. The summed E-state index contributed by atoms with van der Waals surface area (Å²) >= 11 is 6.02. The third kappa shape index (κ3) is 3.62. The van der Waals surface area contributed by atoms with Crippen molar-refractivity contribution in [2.24, 2.45) is 5.92 Å². The van der Waals surface area contributed by atoms with E-state index in [2.05, 4.69) is 5.32 Å². The van der Waals surface area contributed by atoms with Crippen LogP contribution in [0.4, 0.5) is 0 Å². The molecule has 0 heterocycles. The van der Waals surface area contributed by atoms with Crippen LogP contribution in [-0.4, -0.2) is 32.0 Å². The maximum atomic E-state index is 12.6.